The van der Waals surface area contributed by atoms with Gasteiger partial charge in [0.15, 0.2) is 11.6 Å². The third kappa shape index (κ3) is 2.28. The highest BCUT2D eigenvalue weighted by Crippen LogP contribution is 2.30. The predicted molar refractivity (Wildman–Crippen MR) is 63.7 cm³/mol. The van der Waals surface area contributed by atoms with Gasteiger partial charge in [-0.05, 0) is 0 Å². The molecule has 1 N–H and O–H groups in total. The molecule has 0 amide bonds. The molecule has 0 aliphatic carbocycles. The molecule has 2 rings (SSSR count). The largest absolute Gasteiger partial charge is 0.494 e. The molecule has 0 atom stereocenters. The van der Waals surface area contributed by atoms with Crippen LogP contribution in [0.2, 0.25) is 0 Å². The number of aromatic nitrogens is 2. The quantitative estimate of drug-likeness (QED) is 0.674. The van der Waals surface area contributed by atoms with Gasteiger partial charge in [0.05, 0.1) is 29.9 Å². The molecule has 0 radical (unpaired) electrons. The Hall–Kier alpha value is -2.97. The van der Waals surface area contributed by atoms with Gasteiger partial charge >= 0.3 is 5.97 Å². The van der Waals surface area contributed by atoms with Crippen molar-refractivity contribution in [2.75, 3.05) is 7.11 Å². The summed E-state index contributed by atoms with van der Waals surface area (Å²) in [4.78, 5) is 20.9. The van der Waals surface area contributed by atoms with Crippen molar-refractivity contribution in [1.82, 2.24) is 9.78 Å². The van der Waals surface area contributed by atoms with Gasteiger partial charge in [0.2, 0.25) is 0 Å². The molecule has 1 aromatic carbocycles. The molecule has 1 aromatic heterocycles. The first-order valence-corrected chi connectivity index (χ1v) is 5.24. The fourth-order valence-electron chi connectivity index (χ4n) is 1.58. The van der Waals surface area contributed by atoms with Gasteiger partial charge in [-0.1, -0.05) is 0 Å². The first kappa shape index (κ1) is 13.5. The highest BCUT2D eigenvalue weighted by molar-refractivity contribution is 5.87. The number of nitro benzene ring substituents is 1. The summed E-state index contributed by atoms with van der Waals surface area (Å²) in [5, 5.41) is 23.4. The second kappa shape index (κ2) is 4.96. The van der Waals surface area contributed by atoms with Crippen LogP contribution in [0.25, 0.3) is 5.69 Å². The molecule has 0 bridgehead atoms. The lowest BCUT2D eigenvalue weighted by Gasteiger charge is -2.06. The van der Waals surface area contributed by atoms with Gasteiger partial charge in [-0.25, -0.2) is 13.9 Å². The van der Waals surface area contributed by atoms with Crippen LogP contribution in [0.3, 0.4) is 0 Å². The van der Waals surface area contributed by atoms with Crippen LogP contribution in [0.5, 0.6) is 5.75 Å². The summed E-state index contributed by atoms with van der Waals surface area (Å²) in [6.07, 6.45) is 2.11. The number of aromatic carboxylic acids is 1. The number of ether oxygens (including phenoxy) is 1. The highest BCUT2D eigenvalue weighted by Gasteiger charge is 2.21. The van der Waals surface area contributed by atoms with E-state index in [0.29, 0.717) is 6.07 Å². The zero-order chi connectivity index (χ0) is 14.9. The van der Waals surface area contributed by atoms with E-state index in [9.17, 15) is 19.3 Å². The highest BCUT2D eigenvalue weighted by atomic mass is 19.1. The monoisotopic (exact) mass is 281 g/mol. The average Bonchev–Trinajstić information content (AvgIpc) is 2.87. The van der Waals surface area contributed by atoms with Gasteiger partial charge in [-0.2, -0.15) is 5.10 Å². The Morgan fingerprint density at radius 2 is 2.25 bits per heavy atom. The lowest BCUT2D eigenvalue weighted by Crippen LogP contribution is -2.03. The molecule has 104 valence electrons. The van der Waals surface area contributed by atoms with Crippen LogP contribution >= 0.6 is 0 Å². The fourth-order valence-corrected chi connectivity index (χ4v) is 1.58. The minimum Gasteiger partial charge on any atom is -0.494 e. The normalized spacial score (nSPS) is 10.3. The Balaban J connectivity index is 2.63. The van der Waals surface area contributed by atoms with Crippen LogP contribution in [0.1, 0.15) is 10.4 Å². The Labute approximate surface area is 111 Å². The van der Waals surface area contributed by atoms with Crippen molar-refractivity contribution in [2.24, 2.45) is 0 Å². The van der Waals surface area contributed by atoms with E-state index in [1.807, 2.05) is 0 Å². The van der Waals surface area contributed by atoms with Crippen LogP contribution in [-0.2, 0) is 0 Å². The molecule has 2 aromatic rings. The summed E-state index contributed by atoms with van der Waals surface area (Å²) in [5.41, 5.74) is -0.799. The van der Waals surface area contributed by atoms with Crippen molar-refractivity contribution in [2.45, 2.75) is 0 Å². The molecule has 0 aliphatic rings. The Kier molecular flexibility index (Phi) is 3.34. The predicted octanol–water partition coefficient (Wildman–Crippen LogP) is 1.63. The van der Waals surface area contributed by atoms with Crippen LogP contribution < -0.4 is 4.74 Å². The maximum atomic E-state index is 13.5. The Morgan fingerprint density at radius 1 is 1.55 bits per heavy atom. The lowest BCUT2D eigenvalue weighted by molar-refractivity contribution is -0.384. The maximum Gasteiger partial charge on any atom is 0.338 e. The summed E-state index contributed by atoms with van der Waals surface area (Å²) < 4.78 is 19.2. The van der Waals surface area contributed by atoms with Crippen LogP contribution in [0, 0.1) is 15.9 Å². The van der Waals surface area contributed by atoms with Crippen molar-refractivity contribution in [3.8, 4) is 11.4 Å². The summed E-state index contributed by atoms with van der Waals surface area (Å²) in [6.45, 7) is 0. The summed E-state index contributed by atoms with van der Waals surface area (Å²) in [7, 11) is 1.21. The number of benzene rings is 1. The standard InChI is InChI=1S/C11H8FN3O5/c1-20-10-3-8(9(15(18)19)2-7(10)12)14-5-6(4-13-14)11(16)17/h2-5H,1H3,(H,16,17). The zero-order valence-corrected chi connectivity index (χ0v) is 10.1. The fraction of sp³-hybridized carbons (Fsp3) is 0.0909. The van der Waals surface area contributed by atoms with Crippen molar-refractivity contribution < 1.29 is 24.0 Å². The number of carboxylic acid groups (broad SMARTS) is 1. The van der Waals surface area contributed by atoms with Gasteiger partial charge in [-0.15, -0.1) is 0 Å². The molecule has 0 fully saturated rings. The van der Waals surface area contributed by atoms with Gasteiger partial charge in [-0.3, -0.25) is 10.1 Å². The number of rotatable bonds is 4. The number of hydrogen-bond donors (Lipinski definition) is 1. The van der Waals surface area contributed by atoms with E-state index in [1.54, 1.807) is 0 Å². The lowest BCUT2D eigenvalue weighted by atomic mass is 10.2. The summed E-state index contributed by atoms with van der Waals surface area (Å²) >= 11 is 0. The molecule has 20 heavy (non-hydrogen) atoms. The van der Waals surface area contributed by atoms with Gasteiger partial charge in [0.25, 0.3) is 5.69 Å². The number of hydrogen-bond acceptors (Lipinski definition) is 5. The SMILES string of the molecule is COc1cc(-n2cc(C(=O)O)cn2)c([N+](=O)[O-])cc1F. The smallest absolute Gasteiger partial charge is 0.338 e. The van der Waals surface area contributed by atoms with E-state index in [1.165, 1.54) is 7.11 Å². The van der Waals surface area contributed by atoms with Crippen molar-refractivity contribution in [3.63, 3.8) is 0 Å². The summed E-state index contributed by atoms with van der Waals surface area (Å²) in [6, 6.07) is 1.77. The number of carboxylic acids is 1. The molecule has 0 saturated carbocycles. The Morgan fingerprint density at radius 3 is 2.75 bits per heavy atom. The third-order valence-corrected chi connectivity index (χ3v) is 2.52. The second-order valence-corrected chi connectivity index (χ2v) is 3.71. The molecule has 0 saturated heterocycles. The number of nitro groups is 1. The topological polar surface area (TPSA) is 107 Å². The molecule has 9 heteroatoms. The minimum absolute atomic E-state index is 0.0965. The van der Waals surface area contributed by atoms with E-state index in [2.05, 4.69) is 5.10 Å². The third-order valence-electron chi connectivity index (χ3n) is 2.52. The first-order chi connectivity index (χ1) is 9.43. The van der Waals surface area contributed by atoms with Crippen LogP contribution in [0.4, 0.5) is 10.1 Å². The molecule has 0 spiro atoms. The second-order valence-electron chi connectivity index (χ2n) is 3.71. The number of nitrogens with zero attached hydrogens (tertiary/aromatic N) is 3. The van der Waals surface area contributed by atoms with Crippen molar-refractivity contribution in [1.29, 1.82) is 0 Å². The minimum atomic E-state index is -1.23. The number of carbonyl (C=O) groups is 1. The van der Waals surface area contributed by atoms with Crippen molar-refractivity contribution >= 4 is 11.7 Å². The summed E-state index contributed by atoms with van der Waals surface area (Å²) in [5.74, 6) is -2.33. The van der Waals surface area contributed by atoms with Gasteiger partial charge in [0, 0.05) is 12.3 Å². The average molecular weight is 281 g/mol. The molecule has 1 heterocycles. The molecule has 0 aliphatic heterocycles. The zero-order valence-electron chi connectivity index (χ0n) is 10.1. The van der Waals surface area contributed by atoms with Crippen LogP contribution in [-0.4, -0.2) is 32.9 Å². The van der Waals surface area contributed by atoms with E-state index in [0.717, 1.165) is 23.1 Å². The molecule has 0 unspecified atom stereocenters. The number of halogens is 1. The van der Waals surface area contributed by atoms with E-state index in [4.69, 9.17) is 9.84 Å². The van der Waals surface area contributed by atoms with Gasteiger partial charge in [0.1, 0.15) is 5.69 Å². The van der Waals surface area contributed by atoms with E-state index < -0.39 is 22.4 Å². The molecular weight excluding hydrogens is 273 g/mol. The van der Waals surface area contributed by atoms with Gasteiger partial charge < -0.3 is 9.84 Å². The van der Waals surface area contributed by atoms with Crippen LogP contribution in [0.15, 0.2) is 24.5 Å². The van der Waals surface area contributed by atoms with E-state index >= 15 is 0 Å². The first-order valence-electron chi connectivity index (χ1n) is 5.24. The molecular formula is C11H8FN3O5. The molecule has 8 nitrogen and oxygen atoms in total. The number of methoxy groups -OCH3 is 1. The van der Waals surface area contributed by atoms with Crippen molar-refractivity contribution in [3.05, 3.63) is 46.0 Å². The van der Waals surface area contributed by atoms with E-state index in [-0.39, 0.29) is 17.0 Å². The maximum absolute atomic E-state index is 13.5. The Bertz CT molecular complexity index is 697.